The van der Waals surface area contributed by atoms with Crippen LogP contribution in [0.5, 0.6) is 0 Å². The second-order valence-electron chi connectivity index (χ2n) is 5.04. The summed E-state index contributed by atoms with van der Waals surface area (Å²) >= 11 is 5.63. The summed E-state index contributed by atoms with van der Waals surface area (Å²) in [7, 11) is 1.99. The van der Waals surface area contributed by atoms with E-state index in [1.165, 1.54) is 24.3 Å². The largest absolute Gasteiger partial charge is 0.326 e. The molecule has 0 radical (unpaired) electrons. The van der Waals surface area contributed by atoms with Gasteiger partial charge in [0.2, 0.25) is 0 Å². The second kappa shape index (κ2) is 4.94. The molecule has 2 unspecified atom stereocenters. The molecule has 2 atom stereocenters. The highest BCUT2D eigenvalue weighted by atomic mass is 79.9. The van der Waals surface area contributed by atoms with Gasteiger partial charge in [0.1, 0.15) is 0 Å². The summed E-state index contributed by atoms with van der Waals surface area (Å²) in [6.45, 7) is 4.32. The van der Waals surface area contributed by atoms with Gasteiger partial charge in [0, 0.05) is 24.3 Å². The first-order valence-corrected chi connectivity index (χ1v) is 7.79. The van der Waals surface area contributed by atoms with Crippen LogP contribution in [0.15, 0.2) is 4.47 Å². The van der Waals surface area contributed by atoms with E-state index in [1.54, 1.807) is 0 Å². The van der Waals surface area contributed by atoms with E-state index in [-0.39, 0.29) is 10.8 Å². The Morgan fingerprint density at radius 3 is 2.82 bits per heavy atom. The van der Waals surface area contributed by atoms with E-state index in [9.17, 15) is 0 Å². The number of halogens is 1. The van der Waals surface area contributed by atoms with Gasteiger partial charge < -0.3 is 5.73 Å². The SMILES string of the molecule is Cc1nn(C)c(CC(N)C2(C)CCCS2)c1Br. The maximum atomic E-state index is 6.41. The van der Waals surface area contributed by atoms with Crippen LogP contribution in [0.1, 0.15) is 31.2 Å². The fourth-order valence-electron chi connectivity index (χ4n) is 2.42. The molecule has 1 aromatic heterocycles. The van der Waals surface area contributed by atoms with Gasteiger partial charge in [0.05, 0.1) is 15.9 Å². The average Bonchev–Trinajstić information content (AvgIpc) is 2.80. The van der Waals surface area contributed by atoms with Crippen molar-refractivity contribution in [3.8, 4) is 0 Å². The number of hydrogen-bond donors (Lipinski definition) is 1. The van der Waals surface area contributed by atoms with Crippen molar-refractivity contribution in [2.45, 2.75) is 43.9 Å². The van der Waals surface area contributed by atoms with E-state index in [0.717, 1.165) is 16.6 Å². The summed E-state index contributed by atoms with van der Waals surface area (Å²) in [6, 6.07) is 0.195. The first-order chi connectivity index (χ1) is 7.94. The molecule has 1 aromatic rings. The summed E-state index contributed by atoms with van der Waals surface area (Å²) < 4.78 is 3.29. The lowest BCUT2D eigenvalue weighted by Gasteiger charge is -2.30. The monoisotopic (exact) mass is 317 g/mol. The third kappa shape index (κ3) is 2.56. The highest BCUT2D eigenvalue weighted by Crippen LogP contribution is 2.41. The van der Waals surface area contributed by atoms with Crippen LogP contribution in [-0.2, 0) is 13.5 Å². The van der Waals surface area contributed by atoms with Gasteiger partial charge in [-0.3, -0.25) is 4.68 Å². The van der Waals surface area contributed by atoms with E-state index in [1.807, 2.05) is 30.4 Å². The molecule has 2 rings (SSSR count). The van der Waals surface area contributed by atoms with Crippen molar-refractivity contribution in [3.05, 3.63) is 15.9 Å². The second-order valence-corrected chi connectivity index (χ2v) is 7.47. The van der Waals surface area contributed by atoms with Crippen LogP contribution >= 0.6 is 27.7 Å². The Morgan fingerprint density at radius 1 is 1.65 bits per heavy atom. The van der Waals surface area contributed by atoms with E-state index in [2.05, 4.69) is 28.0 Å². The van der Waals surface area contributed by atoms with Crippen molar-refractivity contribution in [2.24, 2.45) is 12.8 Å². The van der Waals surface area contributed by atoms with Crippen molar-refractivity contribution in [1.82, 2.24) is 9.78 Å². The van der Waals surface area contributed by atoms with E-state index < -0.39 is 0 Å². The first kappa shape index (κ1) is 13.4. The zero-order valence-corrected chi connectivity index (χ0v) is 13.1. The van der Waals surface area contributed by atoms with E-state index in [4.69, 9.17) is 5.73 Å². The number of nitrogens with zero attached hydrogens (tertiary/aromatic N) is 2. The maximum Gasteiger partial charge on any atom is 0.0738 e. The predicted octanol–water partition coefficient (Wildman–Crippen LogP) is 2.65. The molecule has 1 saturated heterocycles. The number of hydrogen-bond acceptors (Lipinski definition) is 3. The molecule has 2 N–H and O–H groups in total. The van der Waals surface area contributed by atoms with Crippen LogP contribution in [0.2, 0.25) is 0 Å². The Bertz CT molecular complexity index is 410. The van der Waals surface area contributed by atoms with Gasteiger partial charge >= 0.3 is 0 Å². The Balaban J connectivity index is 2.15. The Hall–Kier alpha value is -0.000000000000000111. The number of aromatic nitrogens is 2. The minimum Gasteiger partial charge on any atom is -0.326 e. The van der Waals surface area contributed by atoms with Crippen molar-refractivity contribution in [3.63, 3.8) is 0 Å². The van der Waals surface area contributed by atoms with Crippen LogP contribution in [0.4, 0.5) is 0 Å². The molecule has 0 bridgehead atoms. The summed E-state index contributed by atoms with van der Waals surface area (Å²) in [6.07, 6.45) is 3.41. The summed E-state index contributed by atoms with van der Waals surface area (Å²) in [4.78, 5) is 0. The number of thioether (sulfide) groups is 1. The molecular weight excluding hydrogens is 298 g/mol. The fraction of sp³-hybridized carbons (Fsp3) is 0.750. The number of nitrogens with two attached hydrogens (primary N) is 1. The third-order valence-corrected chi connectivity index (χ3v) is 6.40. The molecule has 1 aliphatic rings. The van der Waals surface area contributed by atoms with E-state index >= 15 is 0 Å². The minimum atomic E-state index is 0.195. The zero-order valence-electron chi connectivity index (χ0n) is 10.7. The molecule has 0 amide bonds. The Kier molecular flexibility index (Phi) is 3.90. The summed E-state index contributed by atoms with van der Waals surface area (Å²) in [5.74, 6) is 1.25. The molecule has 3 nitrogen and oxygen atoms in total. The third-order valence-electron chi connectivity index (χ3n) is 3.71. The minimum absolute atomic E-state index is 0.195. The normalized spacial score (nSPS) is 26.4. The quantitative estimate of drug-likeness (QED) is 0.932. The molecule has 2 heterocycles. The fourth-order valence-corrected chi connectivity index (χ4v) is 4.26. The van der Waals surface area contributed by atoms with Crippen LogP contribution < -0.4 is 5.73 Å². The predicted molar refractivity (Wildman–Crippen MR) is 77.4 cm³/mol. The molecule has 0 aliphatic carbocycles. The van der Waals surface area contributed by atoms with Gasteiger partial charge in [-0.2, -0.15) is 16.9 Å². The lowest BCUT2D eigenvalue weighted by atomic mass is 9.93. The molecule has 5 heteroatoms. The van der Waals surface area contributed by atoms with E-state index in [0.29, 0.717) is 0 Å². The summed E-state index contributed by atoms with van der Waals surface area (Å²) in [5, 5.41) is 4.42. The maximum absolute atomic E-state index is 6.41. The molecule has 1 aliphatic heterocycles. The van der Waals surface area contributed by atoms with Crippen LogP contribution in [0.25, 0.3) is 0 Å². The molecule has 0 aromatic carbocycles. The van der Waals surface area contributed by atoms with Gasteiger partial charge in [-0.05, 0) is 48.4 Å². The van der Waals surface area contributed by atoms with Gasteiger partial charge in [-0.1, -0.05) is 0 Å². The molecule has 17 heavy (non-hydrogen) atoms. The lowest BCUT2D eigenvalue weighted by Crippen LogP contribution is -2.43. The zero-order chi connectivity index (χ0) is 12.6. The van der Waals surface area contributed by atoms with Crippen molar-refractivity contribution < 1.29 is 0 Å². The molecule has 0 saturated carbocycles. The van der Waals surface area contributed by atoms with Crippen LogP contribution in [0.3, 0.4) is 0 Å². The standard InChI is InChI=1S/C12H20BrN3S/c1-8-11(13)9(16(3)15-8)7-10(14)12(2)5-4-6-17-12/h10H,4-7,14H2,1-3H3. The molecule has 96 valence electrons. The molecular formula is C12H20BrN3S. The number of rotatable bonds is 3. The van der Waals surface area contributed by atoms with Crippen LogP contribution in [0, 0.1) is 6.92 Å². The topological polar surface area (TPSA) is 43.8 Å². The number of aryl methyl sites for hydroxylation is 2. The Labute approximate surface area is 116 Å². The average molecular weight is 318 g/mol. The first-order valence-electron chi connectivity index (χ1n) is 6.01. The van der Waals surface area contributed by atoms with Gasteiger partial charge in [0.25, 0.3) is 0 Å². The lowest BCUT2D eigenvalue weighted by molar-refractivity contribution is 0.471. The van der Waals surface area contributed by atoms with Gasteiger partial charge in [0.15, 0.2) is 0 Å². The Morgan fingerprint density at radius 2 is 2.35 bits per heavy atom. The highest BCUT2D eigenvalue weighted by Gasteiger charge is 2.36. The van der Waals surface area contributed by atoms with Crippen molar-refractivity contribution >= 4 is 27.7 Å². The van der Waals surface area contributed by atoms with Crippen molar-refractivity contribution in [2.75, 3.05) is 5.75 Å². The van der Waals surface area contributed by atoms with Gasteiger partial charge in [-0.25, -0.2) is 0 Å². The smallest absolute Gasteiger partial charge is 0.0738 e. The highest BCUT2D eigenvalue weighted by molar-refractivity contribution is 9.10. The molecule has 0 spiro atoms. The van der Waals surface area contributed by atoms with Crippen molar-refractivity contribution in [1.29, 1.82) is 0 Å². The molecule has 1 fully saturated rings. The van der Waals surface area contributed by atoms with Crippen LogP contribution in [-0.4, -0.2) is 26.3 Å². The van der Waals surface area contributed by atoms with Gasteiger partial charge in [-0.15, -0.1) is 0 Å². The summed E-state index contributed by atoms with van der Waals surface area (Å²) in [5.41, 5.74) is 8.66.